The second kappa shape index (κ2) is 8.07. The van der Waals surface area contributed by atoms with E-state index in [2.05, 4.69) is 41.6 Å². The van der Waals surface area contributed by atoms with Gasteiger partial charge < -0.3 is 10.2 Å². The molecule has 0 saturated carbocycles. The SMILES string of the molecule is Cc1cccc(CNC2CCc3c(c(C(=O)N4CCSCC4)nn3C)C2)c1. The summed E-state index contributed by atoms with van der Waals surface area (Å²) in [6.07, 6.45) is 2.96. The van der Waals surface area contributed by atoms with E-state index in [-0.39, 0.29) is 5.91 Å². The van der Waals surface area contributed by atoms with Gasteiger partial charge >= 0.3 is 0 Å². The fraction of sp³-hybridized carbons (Fsp3) is 0.524. The van der Waals surface area contributed by atoms with Gasteiger partial charge in [0, 0.05) is 55.5 Å². The average molecular weight is 385 g/mol. The summed E-state index contributed by atoms with van der Waals surface area (Å²) in [5, 5.41) is 8.32. The summed E-state index contributed by atoms with van der Waals surface area (Å²) in [4.78, 5) is 15.0. The molecule has 0 spiro atoms. The Labute approximate surface area is 165 Å². The molecule has 0 bridgehead atoms. The van der Waals surface area contributed by atoms with Crippen molar-refractivity contribution < 1.29 is 4.79 Å². The van der Waals surface area contributed by atoms with Crippen LogP contribution >= 0.6 is 11.8 Å². The molecular formula is C21H28N4OS. The monoisotopic (exact) mass is 384 g/mol. The summed E-state index contributed by atoms with van der Waals surface area (Å²) in [7, 11) is 1.97. The van der Waals surface area contributed by atoms with E-state index < -0.39 is 0 Å². The number of nitrogens with zero attached hydrogens (tertiary/aromatic N) is 3. The van der Waals surface area contributed by atoms with E-state index >= 15 is 0 Å². The Balaban J connectivity index is 1.47. The molecule has 0 radical (unpaired) electrons. The first-order valence-electron chi connectivity index (χ1n) is 9.82. The van der Waals surface area contributed by atoms with E-state index in [0.29, 0.717) is 11.7 Å². The molecule has 27 heavy (non-hydrogen) atoms. The minimum absolute atomic E-state index is 0.117. The van der Waals surface area contributed by atoms with Crippen LogP contribution in [0, 0.1) is 6.92 Å². The van der Waals surface area contributed by atoms with Gasteiger partial charge in [0.25, 0.3) is 5.91 Å². The molecule has 1 N–H and O–H groups in total. The van der Waals surface area contributed by atoms with Crippen molar-refractivity contribution in [2.75, 3.05) is 24.6 Å². The minimum Gasteiger partial charge on any atom is -0.336 e. The van der Waals surface area contributed by atoms with Crippen molar-refractivity contribution in [3.05, 3.63) is 52.3 Å². The number of benzene rings is 1. The number of carbonyl (C=O) groups is 1. The van der Waals surface area contributed by atoms with Crippen molar-refractivity contribution in [3.8, 4) is 0 Å². The number of hydrogen-bond donors (Lipinski definition) is 1. The van der Waals surface area contributed by atoms with Crippen molar-refractivity contribution in [2.45, 2.75) is 38.8 Å². The molecule has 2 heterocycles. The Morgan fingerprint density at radius 1 is 1.33 bits per heavy atom. The largest absolute Gasteiger partial charge is 0.336 e. The number of thioether (sulfide) groups is 1. The molecule has 1 saturated heterocycles. The van der Waals surface area contributed by atoms with Crippen LogP contribution in [0.1, 0.15) is 39.3 Å². The van der Waals surface area contributed by atoms with Crippen LogP contribution in [0.15, 0.2) is 24.3 Å². The van der Waals surface area contributed by atoms with Gasteiger partial charge in [-0.15, -0.1) is 0 Å². The zero-order valence-corrected chi connectivity index (χ0v) is 17.0. The maximum absolute atomic E-state index is 13.0. The lowest BCUT2D eigenvalue weighted by atomic mass is 9.91. The Kier molecular flexibility index (Phi) is 5.55. The summed E-state index contributed by atoms with van der Waals surface area (Å²) >= 11 is 1.92. The van der Waals surface area contributed by atoms with Crippen molar-refractivity contribution in [1.29, 1.82) is 0 Å². The van der Waals surface area contributed by atoms with Crippen LogP contribution in [0.3, 0.4) is 0 Å². The van der Waals surface area contributed by atoms with Crippen LogP contribution in [0.5, 0.6) is 0 Å². The highest BCUT2D eigenvalue weighted by molar-refractivity contribution is 7.99. The van der Waals surface area contributed by atoms with Crippen molar-refractivity contribution in [1.82, 2.24) is 20.0 Å². The van der Waals surface area contributed by atoms with E-state index in [1.807, 2.05) is 28.4 Å². The third kappa shape index (κ3) is 4.06. The normalized spacial score (nSPS) is 19.8. The second-order valence-electron chi connectivity index (χ2n) is 7.61. The van der Waals surface area contributed by atoms with E-state index in [1.54, 1.807) is 0 Å². The van der Waals surface area contributed by atoms with Gasteiger partial charge in [0.15, 0.2) is 5.69 Å². The molecule has 5 nitrogen and oxygen atoms in total. The molecule has 1 aromatic carbocycles. The molecule has 144 valence electrons. The summed E-state index contributed by atoms with van der Waals surface area (Å²) in [6, 6.07) is 9.03. The predicted octanol–water partition coefficient (Wildman–Crippen LogP) is 2.56. The van der Waals surface area contributed by atoms with Gasteiger partial charge in [-0.05, 0) is 31.7 Å². The smallest absolute Gasteiger partial charge is 0.274 e. The lowest BCUT2D eigenvalue weighted by Crippen LogP contribution is -2.39. The van der Waals surface area contributed by atoms with E-state index in [4.69, 9.17) is 0 Å². The van der Waals surface area contributed by atoms with E-state index in [1.165, 1.54) is 16.8 Å². The molecule has 1 aromatic heterocycles. The Bertz CT molecular complexity index is 826. The van der Waals surface area contributed by atoms with E-state index in [0.717, 1.165) is 56.0 Å². The fourth-order valence-corrected chi connectivity index (χ4v) is 5.04. The van der Waals surface area contributed by atoms with Crippen LogP contribution < -0.4 is 5.32 Å². The first-order chi connectivity index (χ1) is 13.1. The number of aromatic nitrogens is 2. The number of fused-ring (bicyclic) bond motifs is 1. The van der Waals surface area contributed by atoms with Gasteiger partial charge in [-0.1, -0.05) is 29.8 Å². The molecule has 1 aliphatic carbocycles. The third-order valence-electron chi connectivity index (χ3n) is 5.63. The number of nitrogens with one attached hydrogen (secondary N) is 1. The summed E-state index contributed by atoms with van der Waals surface area (Å²) < 4.78 is 1.93. The summed E-state index contributed by atoms with van der Waals surface area (Å²) in [5.41, 5.74) is 5.68. The standard InChI is InChI=1S/C21H28N4OS/c1-15-4-3-5-16(12-15)14-22-17-6-7-19-18(13-17)20(23-24(19)2)21(26)25-8-10-27-11-9-25/h3-5,12,17,22H,6-11,13-14H2,1-2H3. The first-order valence-corrected chi connectivity index (χ1v) is 11.0. The van der Waals surface area contributed by atoms with Crippen LogP contribution in [-0.4, -0.2) is 51.2 Å². The topological polar surface area (TPSA) is 50.2 Å². The van der Waals surface area contributed by atoms with Gasteiger partial charge in [0.2, 0.25) is 0 Å². The molecule has 1 amide bonds. The molecule has 1 atom stereocenters. The maximum Gasteiger partial charge on any atom is 0.274 e. The first kappa shape index (κ1) is 18.6. The number of aryl methyl sites for hydroxylation is 2. The molecule has 1 unspecified atom stereocenters. The van der Waals surface area contributed by atoms with Gasteiger partial charge in [0.05, 0.1) is 0 Å². The fourth-order valence-electron chi connectivity index (χ4n) is 4.14. The van der Waals surface area contributed by atoms with Crippen LogP contribution in [-0.2, 0) is 26.4 Å². The van der Waals surface area contributed by atoms with E-state index in [9.17, 15) is 4.79 Å². The zero-order chi connectivity index (χ0) is 18.8. The Morgan fingerprint density at radius 2 is 2.15 bits per heavy atom. The number of hydrogen-bond acceptors (Lipinski definition) is 4. The number of amides is 1. The lowest BCUT2D eigenvalue weighted by molar-refractivity contribution is 0.0764. The Morgan fingerprint density at radius 3 is 2.93 bits per heavy atom. The predicted molar refractivity (Wildman–Crippen MR) is 110 cm³/mol. The van der Waals surface area contributed by atoms with Crippen molar-refractivity contribution >= 4 is 17.7 Å². The maximum atomic E-state index is 13.0. The van der Waals surface area contributed by atoms with Crippen molar-refractivity contribution in [2.24, 2.45) is 7.05 Å². The molecule has 6 heteroatoms. The number of rotatable bonds is 4. The zero-order valence-electron chi connectivity index (χ0n) is 16.2. The van der Waals surface area contributed by atoms with Gasteiger partial charge in [-0.3, -0.25) is 9.48 Å². The quantitative estimate of drug-likeness (QED) is 0.880. The highest BCUT2D eigenvalue weighted by Gasteiger charge is 2.30. The highest BCUT2D eigenvalue weighted by Crippen LogP contribution is 2.26. The molecule has 4 rings (SSSR count). The van der Waals surface area contributed by atoms with Crippen molar-refractivity contribution in [3.63, 3.8) is 0 Å². The van der Waals surface area contributed by atoms with Gasteiger partial charge in [-0.2, -0.15) is 16.9 Å². The number of carbonyl (C=O) groups excluding carboxylic acids is 1. The van der Waals surface area contributed by atoms with Crippen LogP contribution in [0.4, 0.5) is 0 Å². The van der Waals surface area contributed by atoms with Gasteiger partial charge in [0.1, 0.15) is 0 Å². The minimum atomic E-state index is 0.117. The highest BCUT2D eigenvalue weighted by atomic mass is 32.2. The van der Waals surface area contributed by atoms with Crippen LogP contribution in [0.25, 0.3) is 0 Å². The van der Waals surface area contributed by atoms with Crippen LogP contribution in [0.2, 0.25) is 0 Å². The molecule has 1 aliphatic heterocycles. The van der Waals surface area contributed by atoms with Gasteiger partial charge in [-0.25, -0.2) is 0 Å². The molecular weight excluding hydrogens is 356 g/mol. The summed E-state index contributed by atoms with van der Waals surface area (Å²) in [5.74, 6) is 2.18. The molecule has 2 aromatic rings. The Hall–Kier alpha value is -1.79. The molecule has 1 fully saturated rings. The second-order valence-corrected chi connectivity index (χ2v) is 8.84. The third-order valence-corrected chi connectivity index (χ3v) is 6.58. The average Bonchev–Trinajstić information content (AvgIpc) is 3.02. The lowest BCUT2D eigenvalue weighted by Gasteiger charge is -2.27. The molecule has 2 aliphatic rings. The summed E-state index contributed by atoms with van der Waals surface area (Å²) in [6.45, 7) is 4.67.